The van der Waals surface area contributed by atoms with Crippen molar-refractivity contribution in [2.75, 3.05) is 17.6 Å². The van der Waals surface area contributed by atoms with E-state index in [-0.39, 0.29) is 5.56 Å². The second-order valence-electron chi connectivity index (χ2n) is 4.33. The van der Waals surface area contributed by atoms with E-state index in [1.165, 1.54) is 12.8 Å². The van der Waals surface area contributed by atoms with Crippen LogP contribution in [0.5, 0.6) is 0 Å². The van der Waals surface area contributed by atoms with E-state index in [2.05, 4.69) is 22.2 Å². The maximum absolute atomic E-state index is 11.8. The van der Waals surface area contributed by atoms with Gasteiger partial charge in [-0.1, -0.05) is 19.8 Å². The van der Waals surface area contributed by atoms with Gasteiger partial charge in [-0.15, -0.1) is 0 Å². The molecule has 0 fully saturated rings. The minimum absolute atomic E-state index is 0.162. The van der Waals surface area contributed by atoms with E-state index in [0.29, 0.717) is 22.5 Å². The van der Waals surface area contributed by atoms with Gasteiger partial charge in [-0.25, -0.2) is 4.98 Å². The molecular weight excluding hydrogens is 228 g/mol. The maximum atomic E-state index is 11.8. The molecule has 18 heavy (non-hydrogen) atoms. The molecule has 2 aromatic rings. The molecule has 5 heteroatoms. The molecule has 5 nitrogen and oxygen atoms in total. The number of unbranched alkanes of at least 4 members (excludes halogenated alkanes) is 2. The lowest BCUT2D eigenvalue weighted by Crippen LogP contribution is -2.14. The molecule has 2 rings (SSSR count). The van der Waals surface area contributed by atoms with Gasteiger partial charge in [0.15, 0.2) is 0 Å². The molecule has 1 aromatic carbocycles. The first-order chi connectivity index (χ1) is 8.70. The van der Waals surface area contributed by atoms with Crippen LogP contribution in [-0.2, 0) is 0 Å². The van der Waals surface area contributed by atoms with E-state index in [1.54, 1.807) is 18.2 Å². The van der Waals surface area contributed by atoms with Crippen LogP contribution in [0.1, 0.15) is 26.2 Å². The predicted molar refractivity (Wildman–Crippen MR) is 74.8 cm³/mol. The van der Waals surface area contributed by atoms with Gasteiger partial charge in [-0.3, -0.25) is 9.78 Å². The summed E-state index contributed by atoms with van der Waals surface area (Å²) in [4.78, 5) is 18.9. The molecule has 0 radical (unpaired) electrons. The molecule has 0 amide bonds. The number of nitrogen functional groups attached to an aromatic ring is 1. The van der Waals surface area contributed by atoms with Crippen LogP contribution in [-0.4, -0.2) is 16.5 Å². The lowest BCUT2D eigenvalue weighted by molar-refractivity contribution is 0.740. The van der Waals surface area contributed by atoms with Crippen molar-refractivity contribution in [2.45, 2.75) is 26.2 Å². The Hall–Kier alpha value is -2.04. The van der Waals surface area contributed by atoms with Crippen LogP contribution >= 0.6 is 0 Å². The van der Waals surface area contributed by atoms with Gasteiger partial charge in [-0.05, 0) is 24.6 Å². The Labute approximate surface area is 105 Å². The van der Waals surface area contributed by atoms with Crippen LogP contribution in [0.25, 0.3) is 10.9 Å². The molecule has 96 valence electrons. The third-order valence-electron chi connectivity index (χ3n) is 2.80. The number of hydrogen-bond acceptors (Lipinski definition) is 4. The smallest absolute Gasteiger partial charge is 0.260 e. The predicted octanol–water partition coefficient (Wildman–Crippen LogP) is 2.11. The zero-order valence-electron chi connectivity index (χ0n) is 10.5. The van der Waals surface area contributed by atoms with E-state index in [1.807, 2.05) is 0 Å². The number of nitrogens with two attached hydrogens (primary N) is 1. The highest BCUT2D eigenvalue weighted by molar-refractivity contribution is 5.81. The van der Waals surface area contributed by atoms with Gasteiger partial charge in [0.1, 0.15) is 0 Å². The van der Waals surface area contributed by atoms with Crippen molar-refractivity contribution in [1.82, 2.24) is 9.97 Å². The number of fused-ring (bicyclic) bond motifs is 1. The monoisotopic (exact) mass is 246 g/mol. The summed E-state index contributed by atoms with van der Waals surface area (Å²) in [5, 5.41) is 3.65. The van der Waals surface area contributed by atoms with Crippen molar-refractivity contribution in [1.29, 1.82) is 0 Å². The highest BCUT2D eigenvalue weighted by Gasteiger charge is 2.03. The summed E-state index contributed by atoms with van der Waals surface area (Å²) in [6.07, 6.45) is 3.41. The Morgan fingerprint density at radius 3 is 3.00 bits per heavy atom. The Kier molecular flexibility index (Phi) is 3.82. The molecule has 4 N–H and O–H groups in total. The maximum Gasteiger partial charge on any atom is 0.260 e. The molecule has 0 saturated carbocycles. The van der Waals surface area contributed by atoms with E-state index < -0.39 is 0 Å². The summed E-state index contributed by atoms with van der Waals surface area (Å²) < 4.78 is 0. The first-order valence-corrected chi connectivity index (χ1v) is 6.24. The molecule has 0 bridgehead atoms. The van der Waals surface area contributed by atoms with Gasteiger partial charge in [-0.2, -0.15) is 0 Å². The summed E-state index contributed by atoms with van der Waals surface area (Å²) >= 11 is 0. The molecule has 1 heterocycles. The fourth-order valence-corrected chi connectivity index (χ4v) is 1.82. The van der Waals surface area contributed by atoms with E-state index >= 15 is 0 Å². The van der Waals surface area contributed by atoms with Crippen molar-refractivity contribution in [3.8, 4) is 0 Å². The van der Waals surface area contributed by atoms with Crippen molar-refractivity contribution >= 4 is 22.5 Å². The third kappa shape index (κ3) is 2.80. The SMILES string of the molecule is CCCCCNc1nc2ccc(N)cc2c(=O)[nH]1. The van der Waals surface area contributed by atoms with Gasteiger partial charge in [0, 0.05) is 12.2 Å². The van der Waals surface area contributed by atoms with Crippen molar-refractivity contribution in [2.24, 2.45) is 0 Å². The lowest BCUT2D eigenvalue weighted by atomic mass is 10.2. The van der Waals surface area contributed by atoms with Crippen LogP contribution in [0.2, 0.25) is 0 Å². The summed E-state index contributed by atoms with van der Waals surface area (Å²) in [5.74, 6) is 0.522. The average Bonchev–Trinajstić information content (AvgIpc) is 2.36. The van der Waals surface area contributed by atoms with E-state index in [0.717, 1.165) is 13.0 Å². The second-order valence-corrected chi connectivity index (χ2v) is 4.33. The average molecular weight is 246 g/mol. The molecule has 0 atom stereocenters. The van der Waals surface area contributed by atoms with Crippen LogP contribution in [0.15, 0.2) is 23.0 Å². The van der Waals surface area contributed by atoms with Crippen LogP contribution in [0.4, 0.5) is 11.6 Å². The van der Waals surface area contributed by atoms with E-state index in [4.69, 9.17) is 5.73 Å². The Morgan fingerprint density at radius 1 is 1.39 bits per heavy atom. The Morgan fingerprint density at radius 2 is 2.22 bits per heavy atom. The minimum atomic E-state index is -0.162. The fourth-order valence-electron chi connectivity index (χ4n) is 1.82. The van der Waals surface area contributed by atoms with Gasteiger partial charge < -0.3 is 11.1 Å². The number of hydrogen-bond donors (Lipinski definition) is 3. The van der Waals surface area contributed by atoms with Crippen molar-refractivity contribution in [3.05, 3.63) is 28.6 Å². The number of aromatic amines is 1. The van der Waals surface area contributed by atoms with Crippen molar-refractivity contribution in [3.63, 3.8) is 0 Å². The highest BCUT2D eigenvalue weighted by Crippen LogP contribution is 2.12. The first-order valence-electron chi connectivity index (χ1n) is 6.24. The summed E-state index contributed by atoms with van der Waals surface area (Å²) in [6.45, 7) is 2.97. The highest BCUT2D eigenvalue weighted by atomic mass is 16.1. The quantitative estimate of drug-likeness (QED) is 0.557. The number of anilines is 2. The number of aromatic nitrogens is 2. The summed E-state index contributed by atoms with van der Waals surface area (Å²) in [5.41, 5.74) is 6.71. The molecule has 0 saturated heterocycles. The molecule has 0 unspecified atom stereocenters. The summed E-state index contributed by atoms with van der Waals surface area (Å²) in [6, 6.07) is 5.15. The normalized spacial score (nSPS) is 10.7. The van der Waals surface area contributed by atoms with Crippen LogP contribution in [0.3, 0.4) is 0 Å². The molecule has 0 aliphatic carbocycles. The zero-order chi connectivity index (χ0) is 13.0. The second kappa shape index (κ2) is 5.53. The standard InChI is InChI=1S/C13H18N4O/c1-2-3-4-7-15-13-16-11-6-5-9(14)8-10(11)12(18)17-13/h5-6,8H,2-4,7,14H2,1H3,(H2,15,16,17,18). The lowest BCUT2D eigenvalue weighted by Gasteiger charge is -2.06. The third-order valence-corrected chi connectivity index (χ3v) is 2.80. The molecular formula is C13H18N4O. The molecule has 1 aromatic heterocycles. The first kappa shape index (κ1) is 12.4. The minimum Gasteiger partial charge on any atom is -0.399 e. The molecule has 0 spiro atoms. The molecule has 0 aliphatic heterocycles. The molecule has 0 aliphatic rings. The van der Waals surface area contributed by atoms with Gasteiger partial charge in [0.25, 0.3) is 5.56 Å². The summed E-state index contributed by atoms with van der Waals surface area (Å²) in [7, 11) is 0. The van der Waals surface area contributed by atoms with Crippen molar-refractivity contribution < 1.29 is 0 Å². The van der Waals surface area contributed by atoms with Crippen LogP contribution in [0, 0.1) is 0 Å². The topological polar surface area (TPSA) is 83.8 Å². The Balaban J connectivity index is 2.21. The number of rotatable bonds is 5. The number of nitrogens with one attached hydrogen (secondary N) is 2. The largest absolute Gasteiger partial charge is 0.399 e. The van der Waals surface area contributed by atoms with E-state index in [9.17, 15) is 4.79 Å². The number of nitrogens with zero attached hydrogens (tertiary/aromatic N) is 1. The van der Waals surface area contributed by atoms with Gasteiger partial charge in [0.2, 0.25) is 5.95 Å². The Bertz CT molecular complexity index is 591. The zero-order valence-corrected chi connectivity index (χ0v) is 10.5. The van der Waals surface area contributed by atoms with Gasteiger partial charge >= 0.3 is 0 Å². The van der Waals surface area contributed by atoms with Crippen LogP contribution < -0.4 is 16.6 Å². The van der Waals surface area contributed by atoms with Gasteiger partial charge in [0.05, 0.1) is 10.9 Å². The number of H-pyrrole nitrogens is 1. The fraction of sp³-hybridized carbons (Fsp3) is 0.385. The number of benzene rings is 1.